The van der Waals surface area contributed by atoms with E-state index < -0.39 is 40.4 Å². The summed E-state index contributed by atoms with van der Waals surface area (Å²) in [6, 6.07) is 3.00. The molecule has 1 atom stereocenters. The number of halogens is 4. The fourth-order valence-corrected chi connectivity index (χ4v) is 1.63. The highest BCUT2D eigenvalue weighted by Gasteiger charge is 2.35. The lowest BCUT2D eigenvalue weighted by Crippen LogP contribution is -2.20. The lowest BCUT2D eigenvalue weighted by molar-refractivity contribution is -0.274. The molecule has 0 heterocycles. The van der Waals surface area contributed by atoms with Crippen molar-refractivity contribution >= 4 is 23.4 Å². The molecule has 0 fully saturated rings. The number of ether oxygens (including phenoxy) is 1. The van der Waals surface area contributed by atoms with Gasteiger partial charge in [0.15, 0.2) is 5.78 Å². The molecule has 0 aliphatic rings. The van der Waals surface area contributed by atoms with Gasteiger partial charge in [0.2, 0.25) is 0 Å². The van der Waals surface area contributed by atoms with Gasteiger partial charge >= 0.3 is 12.3 Å². The maximum Gasteiger partial charge on any atom is 0.573 e. The summed E-state index contributed by atoms with van der Waals surface area (Å²) in [5, 5.41) is 7.37. The molecule has 0 aliphatic carbocycles. The van der Waals surface area contributed by atoms with Crippen LogP contribution in [0.25, 0.3) is 0 Å². The van der Waals surface area contributed by atoms with Crippen LogP contribution in [0.2, 0.25) is 0 Å². The minimum Gasteiger partial charge on any atom is -0.478 e. The van der Waals surface area contributed by atoms with E-state index in [9.17, 15) is 22.8 Å². The zero-order valence-corrected chi connectivity index (χ0v) is 10.2. The highest BCUT2D eigenvalue weighted by atomic mass is 35.5. The Labute approximate surface area is 110 Å². The fraction of sp³-hybridized carbons (Fsp3) is 0.273. The molecule has 19 heavy (non-hydrogen) atoms. The summed E-state index contributed by atoms with van der Waals surface area (Å²) in [5.74, 6) is -3.00. The first-order chi connectivity index (χ1) is 8.63. The lowest BCUT2D eigenvalue weighted by Gasteiger charge is -2.17. The van der Waals surface area contributed by atoms with Crippen molar-refractivity contribution in [2.75, 3.05) is 0 Å². The van der Waals surface area contributed by atoms with Gasteiger partial charge in [-0.3, -0.25) is 4.79 Å². The number of ketones is 1. The predicted octanol–water partition coefficient (Wildman–Crippen LogP) is 3.15. The first-order valence-corrected chi connectivity index (χ1v) is 5.33. The van der Waals surface area contributed by atoms with Gasteiger partial charge in [0.05, 0.1) is 5.56 Å². The van der Waals surface area contributed by atoms with Crippen molar-refractivity contribution in [3.05, 3.63) is 29.3 Å². The van der Waals surface area contributed by atoms with E-state index in [-0.39, 0.29) is 0 Å². The van der Waals surface area contributed by atoms with Gasteiger partial charge in [-0.1, -0.05) is 6.07 Å². The van der Waals surface area contributed by atoms with E-state index in [1.807, 2.05) is 0 Å². The van der Waals surface area contributed by atoms with Crippen molar-refractivity contribution in [1.29, 1.82) is 0 Å². The smallest absolute Gasteiger partial charge is 0.478 e. The van der Waals surface area contributed by atoms with Gasteiger partial charge in [-0.25, -0.2) is 4.79 Å². The summed E-state index contributed by atoms with van der Waals surface area (Å²) < 4.78 is 40.4. The van der Waals surface area contributed by atoms with Crippen LogP contribution in [-0.4, -0.2) is 23.2 Å². The first kappa shape index (κ1) is 15.3. The number of carbonyl (C=O) groups is 2. The number of hydrogen-bond acceptors (Lipinski definition) is 3. The lowest BCUT2D eigenvalue weighted by atomic mass is 10.0. The molecule has 0 aromatic heterocycles. The van der Waals surface area contributed by atoms with E-state index >= 15 is 0 Å². The van der Waals surface area contributed by atoms with Crippen LogP contribution in [0, 0.1) is 0 Å². The summed E-state index contributed by atoms with van der Waals surface area (Å²) in [6.07, 6.45) is -5.01. The normalized spacial score (nSPS) is 12.9. The van der Waals surface area contributed by atoms with Gasteiger partial charge in [0.1, 0.15) is 11.1 Å². The fourth-order valence-electron chi connectivity index (χ4n) is 1.41. The van der Waals surface area contributed by atoms with Gasteiger partial charge in [-0.2, -0.15) is 0 Å². The molecule has 0 bridgehead atoms. The molecule has 1 N–H and O–H groups in total. The molecule has 1 aromatic carbocycles. The second-order valence-electron chi connectivity index (χ2n) is 3.54. The standard InChI is InChI=1S/C11H8ClF3O4/c1-5(16)9(12)8-6(10(17)18)3-2-4-7(8)19-11(13,14)15/h2-4,9H,1H3,(H,17,18). The molecule has 104 valence electrons. The van der Waals surface area contributed by atoms with Crippen molar-refractivity contribution in [1.82, 2.24) is 0 Å². The summed E-state index contributed by atoms with van der Waals surface area (Å²) in [7, 11) is 0. The van der Waals surface area contributed by atoms with Gasteiger partial charge in [0, 0.05) is 5.56 Å². The number of Topliss-reactive ketones (excluding diaryl/α,β-unsaturated/α-hetero) is 1. The molecule has 1 aromatic rings. The number of alkyl halides is 4. The molecule has 1 rings (SSSR count). The molecule has 0 spiro atoms. The number of benzene rings is 1. The summed E-state index contributed by atoms with van der Waals surface area (Å²) in [4.78, 5) is 22.1. The summed E-state index contributed by atoms with van der Waals surface area (Å²) >= 11 is 5.66. The Morgan fingerprint density at radius 3 is 2.37 bits per heavy atom. The maximum absolute atomic E-state index is 12.2. The topological polar surface area (TPSA) is 63.6 Å². The monoisotopic (exact) mass is 296 g/mol. The van der Waals surface area contributed by atoms with Crippen molar-refractivity contribution in [2.45, 2.75) is 18.7 Å². The van der Waals surface area contributed by atoms with Gasteiger partial charge in [-0.05, 0) is 19.1 Å². The molecular formula is C11H8ClF3O4. The first-order valence-electron chi connectivity index (χ1n) is 4.90. The van der Waals surface area contributed by atoms with Crippen LogP contribution in [0.1, 0.15) is 28.2 Å². The molecule has 0 aliphatic heterocycles. The van der Waals surface area contributed by atoms with E-state index in [4.69, 9.17) is 16.7 Å². The van der Waals surface area contributed by atoms with Gasteiger partial charge < -0.3 is 9.84 Å². The van der Waals surface area contributed by atoms with Crippen molar-refractivity contribution in [3.8, 4) is 5.75 Å². The Balaban J connectivity index is 3.42. The molecule has 0 radical (unpaired) electrons. The zero-order chi connectivity index (χ0) is 14.8. The largest absolute Gasteiger partial charge is 0.573 e. The number of aromatic carboxylic acids is 1. The quantitative estimate of drug-likeness (QED) is 0.867. The predicted molar refractivity (Wildman–Crippen MR) is 59.4 cm³/mol. The molecule has 0 saturated carbocycles. The summed E-state index contributed by atoms with van der Waals surface area (Å²) in [5.41, 5.74) is -1.03. The van der Waals surface area contributed by atoms with Gasteiger partial charge in [0.25, 0.3) is 0 Å². The highest BCUT2D eigenvalue weighted by molar-refractivity contribution is 6.31. The van der Waals surface area contributed by atoms with Crippen LogP contribution in [0.3, 0.4) is 0 Å². The Bertz CT molecular complexity index is 513. The van der Waals surface area contributed by atoms with Crippen molar-refractivity contribution in [3.63, 3.8) is 0 Å². The zero-order valence-electron chi connectivity index (χ0n) is 9.49. The minimum atomic E-state index is -5.01. The molecule has 1 unspecified atom stereocenters. The Hall–Kier alpha value is -1.76. The van der Waals surface area contributed by atoms with Crippen LogP contribution < -0.4 is 4.74 Å². The maximum atomic E-state index is 12.2. The SMILES string of the molecule is CC(=O)C(Cl)c1c(OC(F)(F)F)cccc1C(=O)O. The van der Waals surface area contributed by atoms with Crippen LogP contribution in [0.4, 0.5) is 13.2 Å². The highest BCUT2D eigenvalue weighted by Crippen LogP contribution is 2.36. The number of carbonyl (C=O) groups excluding carboxylic acids is 1. The van der Waals surface area contributed by atoms with Crippen molar-refractivity contribution in [2.24, 2.45) is 0 Å². The van der Waals surface area contributed by atoms with Crippen LogP contribution in [-0.2, 0) is 4.79 Å². The average Bonchev–Trinajstić information content (AvgIpc) is 2.25. The molecule has 8 heteroatoms. The molecular weight excluding hydrogens is 289 g/mol. The van der Waals surface area contributed by atoms with Crippen LogP contribution in [0.15, 0.2) is 18.2 Å². The van der Waals surface area contributed by atoms with E-state index in [0.29, 0.717) is 0 Å². The van der Waals surface area contributed by atoms with E-state index in [0.717, 1.165) is 25.1 Å². The third-order valence-electron chi connectivity index (χ3n) is 2.13. The van der Waals surface area contributed by atoms with E-state index in [2.05, 4.69) is 4.74 Å². The van der Waals surface area contributed by atoms with E-state index in [1.54, 1.807) is 0 Å². The Morgan fingerprint density at radius 2 is 1.95 bits per heavy atom. The van der Waals surface area contributed by atoms with Crippen molar-refractivity contribution < 1.29 is 32.6 Å². The molecule has 4 nitrogen and oxygen atoms in total. The third-order valence-corrected chi connectivity index (χ3v) is 2.66. The second-order valence-corrected chi connectivity index (χ2v) is 3.98. The van der Waals surface area contributed by atoms with E-state index in [1.165, 1.54) is 0 Å². The molecule has 0 amide bonds. The number of rotatable bonds is 4. The average molecular weight is 297 g/mol. The third kappa shape index (κ3) is 3.85. The number of carboxylic acids is 1. The van der Waals surface area contributed by atoms with Gasteiger partial charge in [-0.15, -0.1) is 24.8 Å². The molecule has 0 saturated heterocycles. The number of hydrogen-bond donors (Lipinski definition) is 1. The number of carboxylic acid groups (broad SMARTS) is 1. The summed E-state index contributed by atoms with van der Waals surface area (Å²) in [6.45, 7) is 1.04. The Morgan fingerprint density at radius 1 is 1.37 bits per heavy atom. The second kappa shape index (κ2) is 5.48. The Kier molecular flexibility index (Phi) is 4.41. The van der Waals surface area contributed by atoms with Crippen LogP contribution >= 0.6 is 11.6 Å². The van der Waals surface area contributed by atoms with Crippen LogP contribution in [0.5, 0.6) is 5.75 Å². The minimum absolute atomic E-state index is 0.513.